The van der Waals surface area contributed by atoms with Gasteiger partial charge in [-0.05, 0) is 25.5 Å². The molecule has 20 heavy (non-hydrogen) atoms. The molecule has 0 unspecified atom stereocenters. The molecule has 2 atom stereocenters. The van der Waals surface area contributed by atoms with Crippen LogP contribution >= 0.6 is 0 Å². The van der Waals surface area contributed by atoms with E-state index in [0.717, 1.165) is 13.0 Å². The smallest absolute Gasteiger partial charge is 0.107 e. The van der Waals surface area contributed by atoms with Crippen molar-refractivity contribution in [1.82, 2.24) is 9.47 Å². The molecule has 0 saturated heterocycles. The van der Waals surface area contributed by atoms with Crippen molar-refractivity contribution >= 4 is 0 Å². The van der Waals surface area contributed by atoms with Gasteiger partial charge < -0.3 is 14.4 Å². The molecule has 1 aromatic rings. The minimum atomic E-state index is -0.516. The maximum Gasteiger partial charge on any atom is 0.107 e. The summed E-state index contributed by atoms with van der Waals surface area (Å²) in [5.41, 5.74) is 1.24. The molecule has 0 saturated carbocycles. The van der Waals surface area contributed by atoms with E-state index in [1.165, 1.54) is 5.69 Å². The number of rotatable bonds is 9. The van der Waals surface area contributed by atoms with Crippen molar-refractivity contribution in [2.24, 2.45) is 7.05 Å². The van der Waals surface area contributed by atoms with Gasteiger partial charge in [-0.1, -0.05) is 12.8 Å². The molecule has 4 heteroatoms. The second kappa shape index (κ2) is 8.80. The van der Waals surface area contributed by atoms with Crippen molar-refractivity contribution < 1.29 is 9.84 Å². The van der Waals surface area contributed by atoms with Crippen LogP contribution in [0.4, 0.5) is 0 Å². The summed E-state index contributed by atoms with van der Waals surface area (Å²) in [6.07, 6.45) is 7.69. The van der Waals surface area contributed by atoms with Gasteiger partial charge in [0.1, 0.15) is 6.61 Å². The maximum absolute atomic E-state index is 10.0. The minimum absolute atomic E-state index is 0.248. The van der Waals surface area contributed by atoms with Crippen LogP contribution in [-0.2, 0) is 18.3 Å². The fourth-order valence-electron chi connectivity index (χ4n) is 2.10. The molecule has 0 aliphatic rings. The van der Waals surface area contributed by atoms with E-state index in [4.69, 9.17) is 11.2 Å². The van der Waals surface area contributed by atoms with Crippen LogP contribution in [0.1, 0.15) is 26.0 Å². The first-order valence-electron chi connectivity index (χ1n) is 7.12. The Morgan fingerprint density at radius 1 is 1.55 bits per heavy atom. The van der Waals surface area contributed by atoms with Gasteiger partial charge in [0.15, 0.2) is 0 Å². The molecule has 1 aromatic heterocycles. The predicted molar refractivity (Wildman–Crippen MR) is 81.2 cm³/mol. The van der Waals surface area contributed by atoms with Gasteiger partial charge in [-0.25, -0.2) is 0 Å². The third-order valence-corrected chi connectivity index (χ3v) is 3.57. The van der Waals surface area contributed by atoms with E-state index in [1.54, 1.807) is 0 Å². The number of hydrogen-bond acceptors (Lipinski definition) is 3. The summed E-state index contributed by atoms with van der Waals surface area (Å²) < 4.78 is 7.31. The van der Waals surface area contributed by atoms with Crippen molar-refractivity contribution in [2.75, 3.05) is 19.8 Å². The molecule has 0 amide bonds. The number of ether oxygens (including phenoxy) is 1. The summed E-state index contributed by atoms with van der Waals surface area (Å²) in [6.45, 7) is 6.28. The number of aryl methyl sites for hydroxylation is 1. The highest BCUT2D eigenvalue weighted by Crippen LogP contribution is 2.11. The lowest BCUT2D eigenvalue weighted by molar-refractivity contribution is 0.0165. The Bertz CT molecular complexity index is 422. The first kappa shape index (κ1) is 16.8. The van der Waals surface area contributed by atoms with Gasteiger partial charge in [-0.3, -0.25) is 4.90 Å². The number of hydrogen-bond donors (Lipinski definition) is 1. The average Bonchev–Trinajstić information content (AvgIpc) is 2.83. The second-order valence-corrected chi connectivity index (χ2v) is 5.17. The first-order chi connectivity index (χ1) is 9.58. The van der Waals surface area contributed by atoms with Gasteiger partial charge in [0.25, 0.3) is 0 Å². The summed E-state index contributed by atoms with van der Waals surface area (Å²) in [6, 6.07) is 4.56. The van der Waals surface area contributed by atoms with E-state index in [0.29, 0.717) is 12.6 Å². The van der Waals surface area contributed by atoms with Crippen molar-refractivity contribution in [3.63, 3.8) is 0 Å². The quantitative estimate of drug-likeness (QED) is 0.551. The zero-order valence-corrected chi connectivity index (χ0v) is 12.7. The molecule has 0 bridgehead atoms. The van der Waals surface area contributed by atoms with Crippen molar-refractivity contribution in [3.05, 3.63) is 24.0 Å². The van der Waals surface area contributed by atoms with Gasteiger partial charge in [0, 0.05) is 38.1 Å². The van der Waals surface area contributed by atoms with Gasteiger partial charge in [0.05, 0.1) is 12.7 Å². The van der Waals surface area contributed by atoms with E-state index in [-0.39, 0.29) is 13.2 Å². The number of nitrogens with zero attached hydrogens (tertiary/aromatic N) is 2. The van der Waals surface area contributed by atoms with E-state index < -0.39 is 6.10 Å². The van der Waals surface area contributed by atoms with E-state index in [2.05, 4.69) is 35.3 Å². The highest BCUT2D eigenvalue weighted by molar-refractivity contribution is 5.06. The summed E-state index contributed by atoms with van der Waals surface area (Å²) in [5.74, 6) is 2.40. The molecule has 0 fully saturated rings. The molecule has 4 nitrogen and oxygen atoms in total. The average molecular weight is 278 g/mol. The largest absolute Gasteiger partial charge is 0.389 e. The molecule has 1 rings (SSSR count). The molecule has 1 N–H and O–H groups in total. The topological polar surface area (TPSA) is 37.6 Å². The Kier molecular flexibility index (Phi) is 7.38. The molecule has 0 radical (unpaired) electrons. The fraction of sp³-hybridized carbons (Fsp3) is 0.625. The van der Waals surface area contributed by atoms with Crippen molar-refractivity contribution in [2.45, 2.75) is 39.0 Å². The molecule has 1 heterocycles. The minimum Gasteiger partial charge on any atom is -0.389 e. The molecule has 112 valence electrons. The highest BCUT2D eigenvalue weighted by atomic mass is 16.5. The van der Waals surface area contributed by atoms with Gasteiger partial charge >= 0.3 is 0 Å². The Balaban J connectivity index is 2.56. The van der Waals surface area contributed by atoms with Crippen LogP contribution in [0.3, 0.4) is 0 Å². The third-order valence-electron chi connectivity index (χ3n) is 3.57. The lowest BCUT2D eigenvalue weighted by Gasteiger charge is -2.30. The lowest BCUT2D eigenvalue weighted by atomic mass is 10.2. The SMILES string of the molecule is C#CCOC[C@H](O)CN(Cc1cccn1C)[C@H](C)CC. The van der Waals surface area contributed by atoms with Crippen LogP contribution in [0, 0.1) is 12.3 Å². The highest BCUT2D eigenvalue weighted by Gasteiger charge is 2.18. The summed E-state index contributed by atoms with van der Waals surface area (Å²) in [4.78, 5) is 2.28. The zero-order valence-electron chi connectivity index (χ0n) is 12.7. The number of aliphatic hydroxyl groups is 1. The maximum atomic E-state index is 10.0. The summed E-state index contributed by atoms with van der Waals surface area (Å²) in [7, 11) is 2.04. The number of aliphatic hydroxyl groups excluding tert-OH is 1. The first-order valence-corrected chi connectivity index (χ1v) is 7.12. The van der Waals surface area contributed by atoms with Crippen LogP contribution in [0.2, 0.25) is 0 Å². The fourth-order valence-corrected chi connectivity index (χ4v) is 2.10. The monoisotopic (exact) mass is 278 g/mol. The Morgan fingerprint density at radius 3 is 2.85 bits per heavy atom. The Labute approximate surface area is 122 Å². The van der Waals surface area contributed by atoms with E-state index in [1.807, 2.05) is 19.3 Å². The predicted octanol–water partition coefficient (Wildman–Crippen LogP) is 1.64. The second-order valence-electron chi connectivity index (χ2n) is 5.17. The summed E-state index contributed by atoms with van der Waals surface area (Å²) in [5, 5.41) is 10.0. The van der Waals surface area contributed by atoms with Gasteiger partial charge in [-0.2, -0.15) is 0 Å². The zero-order chi connectivity index (χ0) is 15.0. The van der Waals surface area contributed by atoms with E-state index in [9.17, 15) is 5.11 Å². The molecular formula is C16H26N2O2. The van der Waals surface area contributed by atoms with Crippen molar-refractivity contribution in [3.8, 4) is 12.3 Å². The van der Waals surface area contributed by atoms with Gasteiger partial charge in [-0.15, -0.1) is 6.42 Å². The number of aromatic nitrogens is 1. The molecule has 0 aromatic carbocycles. The van der Waals surface area contributed by atoms with Crippen LogP contribution in [0.25, 0.3) is 0 Å². The van der Waals surface area contributed by atoms with E-state index >= 15 is 0 Å². The molecule has 0 aliphatic carbocycles. The summed E-state index contributed by atoms with van der Waals surface area (Å²) >= 11 is 0. The molecular weight excluding hydrogens is 252 g/mol. The third kappa shape index (κ3) is 5.38. The van der Waals surface area contributed by atoms with Crippen LogP contribution in [0.5, 0.6) is 0 Å². The molecule has 0 spiro atoms. The van der Waals surface area contributed by atoms with Crippen LogP contribution in [-0.4, -0.2) is 46.5 Å². The Hall–Kier alpha value is -1.28. The van der Waals surface area contributed by atoms with Crippen molar-refractivity contribution in [1.29, 1.82) is 0 Å². The standard InChI is InChI=1S/C16H26N2O2/c1-5-10-20-13-16(19)12-18(14(3)6-2)11-15-8-7-9-17(15)4/h1,7-9,14,16,19H,6,10-13H2,2-4H3/t14-,16-/m1/s1. The lowest BCUT2D eigenvalue weighted by Crippen LogP contribution is -2.40. The van der Waals surface area contributed by atoms with Crippen LogP contribution < -0.4 is 0 Å². The van der Waals surface area contributed by atoms with Crippen LogP contribution in [0.15, 0.2) is 18.3 Å². The molecule has 0 aliphatic heterocycles. The normalized spacial score (nSPS) is 14.2. The number of terminal acetylenes is 1. The van der Waals surface area contributed by atoms with Gasteiger partial charge in [0.2, 0.25) is 0 Å². The Morgan fingerprint density at radius 2 is 2.30 bits per heavy atom.